The van der Waals surface area contributed by atoms with E-state index in [2.05, 4.69) is 9.61 Å². The van der Waals surface area contributed by atoms with Gasteiger partial charge in [-0.15, -0.1) is 0 Å². The second-order valence-corrected chi connectivity index (χ2v) is 6.02. The van der Waals surface area contributed by atoms with Gasteiger partial charge in [-0.25, -0.2) is 0 Å². The van der Waals surface area contributed by atoms with Crippen molar-refractivity contribution in [2.24, 2.45) is 0 Å². The van der Waals surface area contributed by atoms with Gasteiger partial charge < -0.3 is 4.52 Å². The number of carbonyl (C=O) groups excluding carboxylic acids is 1. The van der Waals surface area contributed by atoms with Gasteiger partial charge in [0.05, 0.1) is 0 Å². The van der Waals surface area contributed by atoms with Crippen molar-refractivity contribution in [1.82, 2.24) is 5.09 Å². The summed E-state index contributed by atoms with van der Waals surface area (Å²) in [7, 11) is 1.30. The van der Waals surface area contributed by atoms with Gasteiger partial charge in [-0.3, -0.25) is 14.4 Å². The van der Waals surface area contributed by atoms with Crippen LogP contribution in [0.4, 0.5) is 0 Å². The summed E-state index contributed by atoms with van der Waals surface area (Å²) >= 11 is 1.00. The lowest BCUT2D eigenvalue weighted by Gasteiger charge is -2.11. The van der Waals surface area contributed by atoms with E-state index in [0.29, 0.717) is 0 Å². The third kappa shape index (κ3) is 3.25. The SMILES string of the molecule is CO[P@@](=O)(NC(C)=O)SC. The lowest BCUT2D eigenvalue weighted by atomic mass is 10.8. The van der Waals surface area contributed by atoms with Crippen LogP contribution in [0.1, 0.15) is 6.92 Å². The fraction of sp³-hybridized carbons (Fsp3) is 0.750. The molecule has 0 aliphatic heterocycles. The van der Waals surface area contributed by atoms with E-state index < -0.39 is 6.72 Å². The summed E-state index contributed by atoms with van der Waals surface area (Å²) in [6, 6.07) is 0. The van der Waals surface area contributed by atoms with Crippen LogP contribution in [0, 0.1) is 0 Å². The molecule has 0 unspecified atom stereocenters. The van der Waals surface area contributed by atoms with E-state index in [-0.39, 0.29) is 5.91 Å². The molecule has 0 bridgehead atoms. The van der Waals surface area contributed by atoms with E-state index >= 15 is 0 Å². The summed E-state index contributed by atoms with van der Waals surface area (Å²) in [5.74, 6) is -0.348. The van der Waals surface area contributed by atoms with Crippen molar-refractivity contribution in [3.05, 3.63) is 0 Å². The van der Waals surface area contributed by atoms with Gasteiger partial charge in [0.2, 0.25) is 5.91 Å². The highest BCUT2D eigenvalue weighted by Gasteiger charge is 2.20. The number of nitrogens with one attached hydrogen (secondary N) is 1. The third-order valence-corrected chi connectivity index (χ3v) is 4.49. The molecule has 0 aromatic rings. The van der Waals surface area contributed by atoms with Crippen LogP contribution in [0.3, 0.4) is 0 Å². The van der Waals surface area contributed by atoms with E-state index in [0.717, 1.165) is 11.4 Å². The second kappa shape index (κ2) is 4.01. The summed E-state index contributed by atoms with van der Waals surface area (Å²) in [6.07, 6.45) is 1.61. The van der Waals surface area contributed by atoms with Crippen molar-refractivity contribution in [2.75, 3.05) is 13.4 Å². The Bertz CT molecular complexity index is 164. The van der Waals surface area contributed by atoms with Crippen molar-refractivity contribution in [2.45, 2.75) is 6.92 Å². The summed E-state index contributed by atoms with van der Waals surface area (Å²) in [4.78, 5) is 10.4. The van der Waals surface area contributed by atoms with Crippen LogP contribution in [-0.2, 0) is 13.9 Å². The predicted molar refractivity (Wildman–Crippen MR) is 41.9 cm³/mol. The van der Waals surface area contributed by atoms with Gasteiger partial charge in [0.25, 0.3) is 0 Å². The second-order valence-electron chi connectivity index (χ2n) is 1.53. The van der Waals surface area contributed by atoms with Crippen LogP contribution in [0.5, 0.6) is 0 Å². The van der Waals surface area contributed by atoms with Gasteiger partial charge in [-0.05, 0) is 6.26 Å². The summed E-state index contributed by atoms with van der Waals surface area (Å²) < 4.78 is 15.8. The highest BCUT2D eigenvalue weighted by atomic mass is 32.7. The zero-order valence-corrected chi connectivity index (χ0v) is 7.79. The molecule has 10 heavy (non-hydrogen) atoms. The number of hydrogen-bond acceptors (Lipinski definition) is 4. The largest absolute Gasteiger partial charge is 0.352 e. The van der Waals surface area contributed by atoms with Gasteiger partial charge in [-0.2, -0.15) is 0 Å². The highest BCUT2D eigenvalue weighted by molar-refractivity contribution is 8.55. The molecule has 0 heterocycles. The topological polar surface area (TPSA) is 55.4 Å². The Morgan fingerprint density at radius 1 is 1.70 bits per heavy atom. The first-order valence-electron chi connectivity index (χ1n) is 2.54. The van der Waals surface area contributed by atoms with Crippen LogP contribution in [0.15, 0.2) is 0 Å². The smallest absolute Gasteiger partial charge is 0.309 e. The summed E-state index contributed by atoms with van der Waals surface area (Å²) in [5.41, 5.74) is 0. The standard InChI is InChI=1S/C4H10NO3PS/c1-4(6)5-9(7,8-2)10-3/h1-3H3,(H,5,6,7)/t9-/m0/s1. The maximum Gasteiger partial charge on any atom is 0.352 e. The molecule has 0 rings (SSSR count). The fourth-order valence-corrected chi connectivity index (χ4v) is 2.18. The molecule has 0 saturated carbocycles. The Labute approximate surface area is 64.0 Å². The van der Waals surface area contributed by atoms with Crippen molar-refractivity contribution in [3.8, 4) is 0 Å². The minimum absolute atomic E-state index is 0.348. The van der Waals surface area contributed by atoms with Crippen LogP contribution >= 0.6 is 18.1 Å². The molecule has 6 heteroatoms. The molecule has 0 aliphatic carbocycles. The Hall–Kier alpha value is 0.01000. The minimum atomic E-state index is -2.92. The monoisotopic (exact) mass is 183 g/mol. The predicted octanol–water partition coefficient (Wildman–Crippen LogP) is 1.24. The average Bonchev–Trinajstić information content (AvgIpc) is 1.87. The minimum Gasteiger partial charge on any atom is -0.309 e. The molecule has 1 N–H and O–H groups in total. The lowest BCUT2D eigenvalue weighted by molar-refractivity contribution is -0.117. The van der Waals surface area contributed by atoms with Crippen LogP contribution in [0.25, 0.3) is 0 Å². The van der Waals surface area contributed by atoms with Crippen molar-refractivity contribution in [1.29, 1.82) is 0 Å². The molecule has 4 nitrogen and oxygen atoms in total. The molecule has 1 atom stereocenters. The van der Waals surface area contributed by atoms with Gasteiger partial charge in [0.1, 0.15) is 0 Å². The normalized spacial score (nSPS) is 15.9. The first-order valence-corrected chi connectivity index (χ1v) is 6.00. The lowest BCUT2D eigenvalue weighted by Crippen LogP contribution is -2.15. The average molecular weight is 183 g/mol. The number of carbonyl (C=O) groups is 1. The first-order chi connectivity index (χ1) is 4.54. The quantitative estimate of drug-likeness (QED) is 0.669. The summed E-state index contributed by atoms with van der Waals surface area (Å²) in [6.45, 7) is -1.63. The van der Waals surface area contributed by atoms with Gasteiger partial charge in [0.15, 0.2) is 0 Å². The molecule has 60 valence electrons. The van der Waals surface area contributed by atoms with Crippen LogP contribution < -0.4 is 5.09 Å². The van der Waals surface area contributed by atoms with Crippen LogP contribution in [0.2, 0.25) is 0 Å². The molecule has 0 spiro atoms. The molecule has 0 fully saturated rings. The molecule has 0 radical (unpaired) electrons. The molecular weight excluding hydrogens is 173 g/mol. The van der Waals surface area contributed by atoms with E-state index in [1.807, 2.05) is 0 Å². The van der Waals surface area contributed by atoms with E-state index in [4.69, 9.17) is 0 Å². The maximum absolute atomic E-state index is 11.2. The van der Waals surface area contributed by atoms with Crippen molar-refractivity contribution in [3.63, 3.8) is 0 Å². The molecule has 0 aliphatic rings. The van der Waals surface area contributed by atoms with E-state index in [9.17, 15) is 9.36 Å². The van der Waals surface area contributed by atoms with E-state index in [1.165, 1.54) is 14.0 Å². The van der Waals surface area contributed by atoms with E-state index in [1.54, 1.807) is 6.26 Å². The summed E-state index contributed by atoms with van der Waals surface area (Å²) in [5, 5.41) is 2.21. The van der Waals surface area contributed by atoms with Gasteiger partial charge in [0, 0.05) is 14.0 Å². The highest BCUT2D eigenvalue weighted by Crippen LogP contribution is 2.53. The van der Waals surface area contributed by atoms with Gasteiger partial charge >= 0.3 is 6.72 Å². The molecule has 0 aromatic heterocycles. The number of hydrogen-bond donors (Lipinski definition) is 1. The number of rotatable bonds is 3. The van der Waals surface area contributed by atoms with Crippen LogP contribution in [-0.4, -0.2) is 19.3 Å². The Morgan fingerprint density at radius 2 is 2.20 bits per heavy atom. The van der Waals surface area contributed by atoms with Crippen molar-refractivity contribution < 1.29 is 13.9 Å². The zero-order valence-electron chi connectivity index (χ0n) is 6.08. The van der Waals surface area contributed by atoms with Gasteiger partial charge in [-0.1, -0.05) is 11.4 Å². The molecule has 0 aromatic carbocycles. The Morgan fingerprint density at radius 3 is 2.30 bits per heavy atom. The Kier molecular flexibility index (Phi) is 4.01. The van der Waals surface area contributed by atoms with Crippen molar-refractivity contribution >= 4 is 24.0 Å². The molecular formula is C4H10NO3PS. The first kappa shape index (κ1) is 10.0. The third-order valence-electron chi connectivity index (χ3n) is 0.775. The maximum atomic E-state index is 11.2. The molecule has 0 saturated heterocycles. The zero-order chi connectivity index (χ0) is 8.20. The Balaban J connectivity index is 4.07. The molecule has 1 amide bonds. The number of amides is 1. The fourth-order valence-electron chi connectivity index (χ4n) is 0.359.